The Bertz CT molecular complexity index is 1210. The highest BCUT2D eigenvalue weighted by Crippen LogP contribution is 2.43. The highest BCUT2D eigenvalue weighted by atomic mass is 16.7. The van der Waals surface area contributed by atoms with Crippen LogP contribution in [0.4, 0.5) is 0 Å². The van der Waals surface area contributed by atoms with Crippen LogP contribution in [0.3, 0.4) is 0 Å². The van der Waals surface area contributed by atoms with E-state index in [2.05, 4.69) is 0 Å². The Kier molecular flexibility index (Phi) is 5.55. The topological polar surface area (TPSA) is 136 Å². The molecule has 4 N–H and O–H groups in total. The molecule has 1 heterocycles. The smallest absolute Gasteiger partial charge is 0.202 e. The standard InChI is InChI=1S/C26H27NO7/c1-3-12-7-13-9-17(29)22-23(20(13)16(28)8-12)25(31)14-5-4-6-18(21(14)26(22)32)34-19-10-15(27)24(30)11(2)33-19/h4-6,9,11-12,15,19,24,29-30H,3,7-8,10,27H2,1-2H3/t11-,12-,15+,19+,24-/m0/s1. The lowest BCUT2D eigenvalue weighted by Gasteiger charge is -2.36. The summed E-state index contributed by atoms with van der Waals surface area (Å²) in [6.07, 6.45) is -0.357. The fourth-order valence-electron chi connectivity index (χ4n) is 5.31. The summed E-state index contributed by atoms with van der Waals surface area (Å²) in [4.78, 5) is 40.2. The Hall–Kier alpha value is -3.07. The minimum Gasteiger partial charge on any atom is -0.507 e. The summed E-state index contributed by atoms with van der Waals surface area (Å²) in [6, 6.07) is 5.53. The van der Waals surface area contributed by atoms with Crippen molar-refractivity contribution in [2.75, 3.05) is 0 Å². The number of hydrogen-bond acceptors (Lipinski definition) is 8. The van der Waals surface area contributed by atoms with Gasteiger partial charge in [0.2, 0.25) is 12.1 Å². The number of rotatable bonds is 3. The largest absolute Gasteiger partial charge is 0.507 e. The third kappa shape index (κ3) is 3.45. The first-order chi connectivity index (χ1) is 16.2. The Morgan fingerprint density at radius 3 is 2.56 bits per heavy atom. The average Bonchev–Trinajstić information content (AvgIpc) is 2.79. The van der Waals surface area contributed by atoms with Crippen molar-refractivity contribution >= 4 is 17.3 Å². The van der Waals surface area contributed by atoms with Gasteiger partial charge >= 0.3 is 0 Å². The summed E-state index contributed by atoms with van der Waals surface area (Å²) in [5.74, 6) is -1.31. The maximum absolute atomic E-state index is 13.6. The van der Waals surface area contributed by atoms with E-state index in [1.807, 2.05) is 6.92 Å². The molecule has 0 bridgehead atoms. The minimum atomic E-state index is -0.840. The second-order valence-electron chi connectivity index (χ2n) is 9.40. The zero-order valence-electron chi connectivity index (χ0n) is 19.0. The van der Waals surface area contributed by atoms with Crippen LogP contribution in [-0.2, 0) is 11.2 Å². The number of Topliss-reactive ketones (excluding diaryl/α,β-unsaturated/α-hetero) is 1. The molecule has 1 fully saturated rings. The number of phenolic OH excluding ortho intramolecular Hbond substituents is 1. The normalized spacial score (nSPS) is 28.2. The number of aliphatic hydroxyl groups is 1. The lowest BCUT2D eigenvalue weighted by atomic mass is 9.73. The highest BCUT2D eigenvalue weighted by molar-refractivity contribution is 6.32. The summed E-state index contributed by atoms with van der Waals surface area (Å²) in [6.45, 7) is 3.67. The molecule has 0 saturated carbocycles. The molecule has 2 aliphatic carbocycles. The molecule has 1 saturated heterocycles. The summed E-state index contributed by atoms with van der Waals surface area (Å²) in [5.41, 5.74) is 6.78. The van der Waals surface area contributed by atoms with Crippen molar-refractivity contribution in [1.82, 2.24) is 0 Å². The molecule has 34 heavy (non-hydrogen) atoms. The Morgan fingerprint density at radius 1 is 1.09 bits per heavy atom. The monoisotopic (exact) mass is 465 g/mol. The number of carbonyl (C=O) groups excluding carboxylic acids is 3. The second-order valence-corrected chi connectivity index (χ2v) is 9.40. The fraction of sp³-hybridized carbons (Fsp3) is 0.423. The van der Waals surface area contributed by atoms with Crippen LogP contribution in [0.15, 0.2) is 24.3 Å². The van der Waals surface area contributed by atoms with Crippen LogP contribution in [0.25, 0.3) is 0 Å². The number of carbonyl (C=O) groups is 3. The average molecular weight is 466 g/mol. The number of aliphatic hydroxyl groups excluding tert-OH is 1. The van der Waals surface area contributed by atoms with Gasteiger partial charge in [0.25, 0.3) is 0 Å². The fourth-order valence-corrected chi connectivity index (χ4v) is 5.31. The molecule has 178 valence electrons. The molecule has 0 amide bonds. The van der Waals surface area contributed by atoms with Gasteiger partial charge in [-0.25, -0.2) is 0 Å². The van der Waals surface area contributed by atoms with Crippen molar-refractivity contribution in [3.8, 4) is 11.5 Å². The molecule has 5 atom stereocenters. The van der Waals surface area contributed by atoms with E-state index in [1.165, 1.54) is 12.1 Å². The molecular formula is C26H27NO7. The highest BCUT2D eigenvalue weighted by Gasteiger charge is 2.41. The van der Waals surface area contributed by atoms with Gasteiger partial charge in [-0.1, -0.05) is 25.5 Å². The minimum absolute atomic E-state index is 0.0147. The van der Waals surface area contributed by atoms with Gasteiger partial charge in [0.1, 0.15) is 11.5 Å². The number of hydrogen-bond donors (Lipinski definition) is 3. The van der Waals surface area contributed by atoms with Crippen LogP contribution >= 0.6 is 0 Å². The van der Waals surface area contributed by atoms with Gasteiger partial charge in [-0.2, -0.15) is 0 Å². The third-order valence-corrected chi connectivity index (χ3v) is 7.19. The molecule has 8 heteroatoms. The van der Waals surface area contributed by atoms with E-state index in [0.717, 1.165) is 6.42 Å². The summed E-state index contributed by atoms with van der Waals surface area (Å²) in [5, 5.41) is 20.8. The van der Waals surface area contributed by atoms with Gasteiger partial charge in [0.15, 0.2) is 11.6 Å². The maximum atomic E-state index is 13.6. The van der Waals surface area contributed by atoms with E-state index in [1.54, 1.807) is 19.1 Å². The van der Waals surface area contributed by atoms with Gasteiger partial charge in [-0.05, 0) is 37.0 Å². The number of ketones is 3. The van der Waals surface area contributed by atoms with Crippen LogP contribution in [0.2, 0.25) is 0 Å². The lowest BCUT2D eigenvalue weighted by molar-refractivity contribution is -0.186. The van der Waals surface area contributed by atoms with Crippen molar-refractivity contribution < 1.29 is 34.1 Å². The van der Waals surface area contributed by atoms with E-state index >= 15 is 0 Å². The van der Waals surface area contributed by atoms with Gasteiger partial charge in [0, 0.05) is 35.6 Å². The third-order valence-electron chi connectivity index (χ3n) is 7.19. The van der Waals surface area contributed by atoms with Gasteiger partial charge in [0.05, 0.1) is 23.3 Å². The second kappa shape index (κ2) is 8.30. The summed E-state index contributed by atoms with van der Waals surface area (Å²) in [7, 11) is 0. The zero-order valence-corrected chi connectivity index (χ0v) is 19.0. The van der Waals surface area contributed by atoms with Crippen LogP contribution in [0, 0.1) is 5.92 Å². The van der Waals surface area contributed by atoms with Crippen molar-refractivity contribution in [1.29, 1.82) is 0 Å². The molecule has 0 unspecified atom stereocenters. The number of fused-ring (bicyclic) bond motifs is 4. The lowest BCUT2D eigenvalue weighted by Crippen LogP contribution is -2.52. The molecule has 2 aromatic carbocycles. The van der Waals surface area contributed by atoms with Crippen LogP contribution in [-0.4, -0.2) is 52.1 Å². The first-order valence-electron chi connectivity index (χ1n) is 11.6. The van der Waals surface area contributed by atoms with Gasteiger partial charge in [-0.3, -0.25) is 14.4 Å². The number of nitrogens with two attached hydrogens (primary N) is 1. The van der Waals surface area contributed by atoms with Crippen molar-refractivity contribution in [3.05, 3.63) is 57.6 Å². The van der Waals surface area contributed by atoms with E-state index < -0.39 is 36.1 Å². The number of ether oxygens (including phenoxy) is 2. The van der Waals surface area contributed by atoms with Gasteiger partial charge < -0.3 is 25.4 Å². The Balaban J connectivity index is 1.58. The van der Waals surface area contributed by atoms with Crippen molar-refractivity contribution in [3.63, 3.8) is 0 Å². The maximum Gasteiger partial charge on any atom is 0.202 e. The Labute approximate surface area is 196 Å². The van der Waals surface area contributed by atoms with E-state index in [9.17, 15) is 24.6 Å². The van der Waals surface area contributed by atoms with Crippen LogP contribution in [0.5, 0.6) is 11.5 Å². The predicted octanol–water partition coefficient (Wildman–Crippen LogP) is 2.52. The first kappa shape index (κ1) is 22.7. The summed E-state index contributed by atoms with van der Waals surface area (Å²) >= 11 is 0. The predicted molar refractivity (Wildman–Crippen MR) is 121 cm³/mol. The number of benzene rings is 2. The van der Waals surface area contributed by atoms with Crippen molar-refractivity contribution in [2.24, 2.45) is 11.7 Å². The first-order valence-corrected chi connectivity index (χ1v) is 11.6. The zero-order chi connectivity index (χ0) is 24.3. The molecule has 0 aromatic heterocycles. The van der Waals surface area contributed by atoms with Crippen molar-refractivity contribution in [2.45, 2.75) is 64.1 Å². The summed E-state index contributed by atoms with van der Waals surface area (Å²) < 4.78 is 11.6. The molecule has 5 rings (SSSR count). The molecule has 0 spiro atoms. The molecule has 0 radical (unpaired) electrons. The van der Waals surface area contributed by atoms with Gasteiger partial charge in [-0.15, -0.1) is 0 Å². The van der Waals surface area contributed by atoms with E-state index in [0.29, 0.717) is 18.4 Å². The molecule has 1 aliphatic heterocycles. The van der Waals surface area contributed by atoms with Crippen LogP contribution in [0.1, 0.15) is 80.9 Å². The molecule has 2 aromatic rings. The van der Waals surface area contributed by atoms with Crippen LogP contribution < -0.4 is 10.5 Å². The number of phenols is 1. The number of aromatic hydroxyl groups is 1. The van der Waals surface area contributed by atoms with E-state index in [4.69, 9.17) is 15.2 Å². The SMILES string of the molecule is CC[C@@H]1CC(=O)c2c(cc(O)c3c2C(=O)c2cccc(O[C@@H]4C[C@@H](N)[C@@H](O)[C@H](C)O4)c2C3=O)C1. The quantitative estimate of drug-likeness (QED) is 0.537. The molecule has 8 nitrogen and oxygen atoms in total. The molecule has 3 aliphatic rings. The van der Waals surface area contributed by atoms with E-state index in [-0.39, 0.29) is 57.4 Å². The Morgan fingerprint density at radius 2 is 1.85 bits per heavy atom. The molecular weight excluding hydrogens is 438 g/mol.